The van der Waals surface area contributed by atoms with Crippen LogP contribution in [0, 0.1) is 0 Å². The summed E-state index contributed by atoms with van der Waals surface area (Å²) in [6.45, 7) is 0.697. The highest BCUT2D eigenvalue weighted by Gasteiger charge is 2.32. The van der Waals surface area contributed by atoms with E-state index in [2.05, 4.69) is 15.0 Å². The molecule has 0 radical (unpaired) electrons. The van der Waals surface area contributed by atoms with Gasteiger partial charge in [0.25, 0.3) is 5.91 Å². The Balaban J connectivity index is 1.36. The van der Waals surface area contributed by atoms with Crippen molar-refractivity contribution in [3.05, 3.63) is 77.9 Å². The summed E-state index contributed by atoms with van der Waals surface area (Å²) < 4.78 is 47.6. The lowest BCUT2D eigenvalue weighted by atomic mass is 10.0. The normalized spacial score (nSPS) is 15.5. The van der Waals surface area contributed by atoms with Gasteiger partial charge >= 0.3 is 14.4 Å². The zero-order valence-corrected chi connectivity index (χ0v) is 21.8. The Morgan fingerprint density at radius 2 is 1.92 bits per heavy atom. The van der Waals surface area contributed by atoms with Gasteiger partial charge in [0.2, 0.25) is 0 Å². The van der Waals surface area contributed by atoms with Crippen LogP contribution >= 0.6 is 7.82 Å². The number of hydrogen-bond donors (Lipinski definition) is 3. The van der Waals surface area contributed by atoms with E-state index in [9.17, 15) is 18.1 Å². The van der Waals surface area contributed by atoms with Crippen LogP contribution < -0.4 is 10.1 Å². The average Bonchev–Trinajstić information content (AvgIpc) is 3.42. The number of amides is 1. The number of nitrogens with one attached hydrogen (secondary N) is 1. The number of alkyl halides is 2. The van der Waals surface area contributed by atoms with Crippen LogP contribution in [-0.2, 0) is 21.2 Å². The van der Waals surface area contributed by atoms with Crippen molar-refractivity contribution in [2.45, 2.75) is 45.1 Å². The molecule has 3 N–H and O–H groups in total. The predicted octanol–water partition coefficient (Wildman–Crippen LogP) is 4.92. The third kappa shape index (κ3) is 5.84. The van der Waals surface area contributed by atoms with Gasteiger partial charge < -0.3 is 24.4 Å². The van der Waals surface area contributed by atoms with E-state index in [-0.39, 0.29) is 17.4 Å². The number of phosphoric acid groups is 1. The molecule has 2 aromatic carbocycles. The van der Waals surface area contributed by atoms with Crippen LogP contribution in [0.1, 0.15) is 48.2 Å². The van der Waals surface area contributed by atoms with Gasteiger partial charge in [-0.15, -0.1) is 0 Å². The number of ether oxygens (including phenoxy) is 1. The SMILES string of the molecule is CC(C)(OP(=O)(O)O)c1ccc(-c2ccc3nc4n(c3c2)CC[C@H]4NC(=O)c2cccc(OC(F)F)c2)cn1. The van der Waals surface area contributed by atoms with Gasteiger partial charge in [0.05, 0.1) is 22.8 Å². The standard InChI is InChI=1S/C26H25F2N4O6P/c1-26(2,38-39(34,35)36)22-9-7-17(14-29-22)15-6-8-19-21(13-15)32-11-10-20(23(32)30-19)31-24(33)16-4-3-5-18(12-16)37-25(27)28/h3-9,12-14,20,25H,10-11H2,1-2H3,(H,31,33)(H2,34,35,36)/t20-/m1/s1. The average molecular weight is 558 g/mol. The number of imidazole rings is 1. The van der Waals surface area contributed by atoms with E-state index in [1.54, 1.807) is 18.3 Å². The molecular weight excluding hydrogens is 533 g/mol. The molecule has 3 heterocycles. The van der Waals surface area contributed by atoms with Crippen LogP contribution in [-0.4, -0.2) is 36.8 Å². The first kappa shape index (κ1) is 26.9. The quantitative estimate of drug-likeness (QED) is 0.260. The number of aryl methyl sites for hydroxylation is 1. The van der Waals surface area contributed by atoms with Crippen molar-refractivity contribution in [2.75, 3.05) is 0 Å². The molecule has 5 rings (SSSR count). The van der Waals surface area contributed by atoms with Crippen molar-refractivity contribution in [3.63, 3.8) is 0 Å². The summed E-state index contributed by atoms with van der Waals surface area (Å²) in [5, 5.41) is 2.93. The molecule has 1 aliphatic rings. The summed E-state index contributed by atoms with van der Waals surface area (Å²) in [5.41, 5.74) is 2.56. The molecule has 1 aliphatic heterocycles. The number of nitrogens with zero attached hydrogens (tertiary/aromatic N) is 3. The highest BCUT2D eigenvalue weighted by molar-refractivity contribution is 7.46. The number of pyridine rings is 1. The van der Waals surface area contributed by atoms with Gasteiger partial charge in [-0.1, -0.05) is 18.2 Å². The Morgan fingerprint density at radius 3 is 2.62 bits per heavy atom. The Bertz CT molecular complexity index is 1590. The van der Waals surface area contributed by atoms with Crippen molar-refractivity contribution in [3.8, 4) is 16.9 Å². The molecule has 39 heavy (non-hydrogen) atoms. The summed E-state index contributed by atoms with van der Waals surface area (Å²) >= 11 is 0. The predicted molar refractivity (Wildman–Crippen MR) is 137 cm³/mol. The van der Waals surface area contributed by atoms with Gasteiger partial charge in [0.15, 0.2) is 0 Å². The van der Waals surface area contributed by atoms with Gasteiger partial charge in [-0.3, -0.25) is 14.3 Å². The molecule has 0 spiro atoms. The minimum Gasteiger partial charge on any atom is -0.435 e. The number of fused-ring (bicyclic) bond motifs is 3. The summed E-state index contributed by atoms with van der Waals surface area (Å²) in [6, 6.07) is 14.4. The summed E-state index contributed by atoms with van der Waals surface area (Å²) in [7, 11) is -4.70. The van der Waals surface area contributed by atoms with Crippen molar-refractivity contribution in [1.29, 1.82) is 0 Å². The van der Waals surface area contributed by atoms with E-state index in [0.717, 1.165) is 22.2 Å². The zero-order valence-electron chi connectivity index (χ0n) is 20.9. The van der Waals surface area contributed by atoms with Crippen LogP contribution in [0.2, 0.25) is 0 Å². The fourth-order valence-corrected chi connectivity index (χ4v) is 5.35. The van der Waals surface area contributed by atoms with E-state index in [1.807, 2.05) is 22.8 Å². The fourth-order valence-electron chi connectivity index (χ4n) is 4.67. The second-order valence-electron chi connectivity index (χ2n) is 9.57. The summed E-state index contributed by atoms with van der Waals surface area (Å²) in [5.74, 6) is 0.183. The molecule has 1 amide bonds. The molecule has 0 unspecified atom stereocenters. The Hall–Kier alpha value is -3.70. The number of rotatable bonds is 8. The second kappa shape index (κ2) is 10.1. The lowest BCUT2D eigenvalue weighted by Crippen LogP contribution is -2.27. The first-order chi connectivity index (χ1) is 18.4. The monoisotopic (exact) mass is 558 g/mol. The molecule has 0 aliphatic carbocycles. The maximum atomic E-state index is 12.8. The Labute approximate surface area is 221 Å². The molecule has 4 aromatic rings. The second-order valence-corrected chi connectivity index (χ2v) is 10.7. The molecule has 204 valence electrons. The van der Waals surface area contributed by atoms with E-state index < -0.39 is 25.9 Å². The molecule has 0 fully saturated rings. The van der Waals surface area contributed by atoms with E-state index in [4.69, 9.17) is 19.3 Å². The number of halogens is 2. The van der Waals surface area contributed by atoms with Crippen molar-refractivity contribution in [1.82, 2.24) is 19.9 Å². The molecular formula is C26H25F2N4O6P. The molecule has 10 nitrogen and oxygen atoms in total. The molecule has 0 saturated carbocycles. The van der Waals surface area contributed by atoms with Crippen LogP contribution in [0.4, 0.5) is 8.78 Å². The van der Waals surface area contributed by atoms with Crippen LogP contribution in [0.15, 0.2) is 60.8 Å². The third-order valence-electron chi connectivity index (χ3n) is 6.42. The molecule has 13 heteroatoms. The van der Waals surface area contributed by atoms with Gasteiger partial charge in [0, 0.05) is 23.9 Å². The van der Waals surface area contributed by atoms with Crippen molar-refractivity contribution in [2.24, 2.45) is 0 Å². The lowest BCUT2D eigenvalue weighted by molar-refractivity contribution is -0.0499. The van der Waals surface area contributed by atoms with E-state index in [1.165, 1.54) is 38.1 Å². The highest BCUT2D eigenvalue weighted by Crippen LogP contribution is 2.44. The van der Waals surface area contributed by atoms with Crippen LogP contribution in [0.3, 0.4) is 0 Å². The number of carbonyl (C=O) groups is 1. The lowest BCUT2D eigenvalue weighted by Gasteiger charge is -2.24. The van der Waals surface area contributed by atoms with Crippen molar-refractivity contribution >= 4 is 24.8 Å². The number of phosphoric ester groups is 1. The van der Waals surface area contributed by atoms with Gasteiger partial charge in [-0.05, 0) is 62.2 Å². The minimum atomic E-state index is -4.70. The molecule has 1 atom stereocenters. The maximum absolute atomic E-state index is 12.8. The number of benzene rings is 2. The topological polar surface area (TPSA) is 136 Å². The largest absolute Gasteiger partial charge is 0.470 e. The van der Waals surface area contributed by atoms with Gasteiger partial charge in [0.1, 0.15) is 17.2 Å². The highest BCUT2D eigenvalue weighted by atomic mass is 31.2. The third-order valence-corrected chi connectivity index (χ3v) is 7.11. The number of carbonyl (C=O) groups excluding carboxylic acids is 1. The van der Waals surface area contributed by atoms with Crippen LogP contribution in [0.25, 0.3) is 22.2 Å². The van der Waals surface area contributed by atoms with E-state index in [0.29, 0.717) is 24.5 Å². The molecule has 2 aromatic heterocycles. The van der Waals surface area contributed by atoms with Gasteiger partial charge in [-0.25, -0.2) is 9.55 Å². The van der Waals surface area contributed by atoms with Crippen LogP contribution in [0.5, 0.6) is 5.75 Å². The zero-order chi connectivity index (χ0) is 27.9. The molecule has 0 saturated heterocycles. The van der Waals surface area contributed by atoms with Crippen molar-refractivity contribution < 1.29 is 37.2 Å². The van der Waals surface area contributed by atoms with Gasteiger partial charge in [-0.2, -0.15) is 8.78 Å². The summed E-state index contributed by atoms with van der Waals surface area (Å²) in [6.07, 6.45) is 2.23. The van der Waals surface area contributed by atoms with E-state index >= 15 is 0 Å². The Morgan fingerprint density at radius 1 is 1.15 bits per heavy atom. The Kier molecular flexibility index (Phi) is 6.98. The first-order valence-corrected chi connectivity index (χ1v) is 13.5. The number of aromatic nitrogens is 3. The first-order valence-electron chi connectivity index (χ1n) is 12.0. The summed E-state index contributed by atoms with van der Waals surface area (Å²) in [4.78, 5) is 40.2. The smallest absolute Gasteiger partial charge is 0.435 e. The molecule has 0 bridgehead atoms. The maximum Gasteiger partial charge on any atom is 0.470 e. The number of hydrogen-bond acceptors (Lipinski definition) is 6. The minimum absolute atomic E-state index is 0.0933. The fraction of sp³-hybridized carbons (Fsp3) is 0.269.